The number of ether oxygens (including phenoxy) is 1. The molecule has 7 heteroatoms. The third-order valence-electron chi connectivity index (χ3n) is 5.12. The highest BCUT2D eigenvalue weighted by Crippen LogP contribution is 2.26. The molecule has 1 fully saturated rings. The van der Waals surface area contributed by atoms with Gasteiger partial charge >= 0.3 is 5.97 Å². The number of piperazine rings is 1. The van der Waals surface area contributed by atoms with Gasteiger partial charge in [-0.1, -0.05) is 32.0 Å². The van der Waals surface area contributed by atoms with Crippen LogP contribution in [0.2, 0.25) is 0 Å². The predicted molar refractivity (Wildman–Crippen MR) is 106 cm³/mol. The van der Waals surface area contributed by atoms with Crippen LogP contribution in [0.15, 0.2) is 24.3 Å². The van der Waals surface area contributed by atoms with Crippen LogP contribution in [0.25, 0.3) is 0 Å². The number of carbonyl (C=O) groups excluding carboxylic acids is 3. The third-order valence-corrected chi connectivity index (χ3v) is 5.12. The summed E-state index contributed by atoms with van der Waals surface area (Å²) in [6.07, 6.45) is 1.90. The molecular formula is C21H29N3O4. The molecule has 1 saturated heterocycles. The van der Waals surface area contributed by atoms with Crippen molar-refractivity contribution in [3.8, 4) is 0 Å². The van der Waals surface area contributed by atoms with E-state index in [1.54, 1.807) is 0 Å². The van der Waals surface area contributed by atoms with Crippen LogP contribution in [0.5, 0.6) is 0 Å². The molecule has 0 aliphatic carbocycles. The Labute approximate surface area is 166 Å². The number of rotatable bonds is 6. The molecule has 0 radical (unpaired) electrons. The van der Waals surface area contributed by atoms with Gasteiger partial charge in [0.25, 0.3) is 0 Å². The van der Waals surface area contributed by atoms with E-state index in [-0.39, 0.29) is 30.7 Å². The summed E-state index contributed by atoms with van der Waals surface area (Å²) in [7, 11) is 0. The summed E-state index contributed by atoms with van der Waals surface area (Å²) in [5.41, 5.74) is 2.32. The van der Waals surface area contributed by atoms with Gasteiger partial charge in [0.05, 0.1) is 19.6 Å². The minimum Gasteiger partial charge on any atom is -0.465 e. The van der Waals surface area contributed by atoms with Gasteiger partial charge in [-0.2, -0.15) is 0 Å². The fourth-order valence-electron chi connectivity index (χ4n) is 3.72. The van der Waals surface area contributed by atoms with E-state index in [2.05, 4.69) is 16.3 Å². The van der Waals surface area contributed by atoms with Crippen LogP contribution < -0.4 is 10.2 Å². The minimum absolute atomic E-state index is 0.110. The highest BCUT2D eigenvalue weighted by Gasteiger charge is 2.36. The van der Waals surface area contributed by atoms with Crippen LogP contribution >= 0.6 is 0 Å². The standard InChI is InChI=1S/C21H29N3O4/c1-15(2)14-28-20(26)12-18-21(27)22-9-11-24(18)19(25)13-23-10-5-7-16-6-3-4-8-17(16)23/h3-4,6,8,15,18H,5,7,9-14H2,1-2H3,(H,22,27). The van der Waals surface area contributed by atoms with Gasteiger partial charge in [0.1, 0.15) is 6.04 Å². The molecule has 7 nitrogen and oxygen atoms in total. The minimum atomic E-state index is -0.805. The first-order chi connectivity index (χ1) is 13.5. The smallest absolute Gasteiger partial charge is 0.308 e. The SMILES string of the molecule is CC(C)COC(=O)CC1C(=O)NCCN1C(=O)CN1CCCc2ccccc21. The van der Waals surface area contributed by atoms with Crippen molar-refractivity contribution in [1.29, 1.82) is 0 Å². The average molecular weight is 387 g/mol. The fourth-order valence-corrected chi connectivity index (χ4v) is 3.72. The number of carbonyl (C=O) groups is 3. The van der Waals surface area contributed by atoms with Crippen molar-refractivity contribution in [2.24, 2.45) is 5.92 Å². The van der Waals surface area contributed by atoms with E-state index in [4.69, 9.17) is 4.74 Å². The van der Waals surface area contributed by atoms with Crippen molar-refractivity contribution in [2.75, 3.05) is 37.7 Å². The maximum absolute atomic E-state index is 13.0. The quantitative estimate of drug-likeness (QED) is 0.746. The van der Waals surface area contributed by atoms with E-state index in [9.17, 15) is 14.4 Å². The van der Waals surface area contributed by atoms with Gasteiger partial charge in [-0.25, -0.2) is 0 Å². The predicted octanol–water partition coefficient (Wildman–Crippen LogP) is 1.36. The van der Waals surface area contributed by atoms with Crippen molar-refractivity contribution in [3.05, 3.63) is 29.8 Å². The first-order valence-electron chi connectivity index (χ1n) is 10.0. The summed E-state index contributed by atoms with van der Waals surface area (Å²) in [6, 6.07) is 7.31. The van der Waals surface area contributed by atoms with Gasteiger partial charge in [-0.05, 0) is 30.4 Å². The second kappa shape index (κ2) is 9.08. The number of benzene rings is 1. The van der Waals surface area contributed by atoms with Crippen molar-refractivity contribution in [1.82, 2.24) is 10.2 Å². The largest absolute Gasteiger partial charge is 0.465 e. The topological polar surface area (TPSA) is 79.0 Å². The summed E-state index contributed by atoms with van der Waals surface area (Å²) < 4.78 is 5.21. The third kappa shape index (κ3) is 4.82. The lowest BCUT2D eigenvalue weighted by Gasteiger charge is -2.37. The number of nitrogens with zero attached hydrogens (tertiary/aromatic N) is 2. The highest BCUT2D eigenvalue weighted by molar-refractivity contribution is 5.93. The summed E-state index contributed by atoms with van der Waals surface area (Å²) in [5.74, 6) is -0.647. The molecule has 0 bridgehead atoms. The number of anilines is 1. The first kappa shape index (κ1) is 20.2. The molecule has 28 heavy (non-hydrogen) atoms. The fraction of sp³-hybridized carbons (Fsp3) is 0.571. The number of nitrogens with one attached hydrogen (secondary N) is 1. The Bertz CT molecular complexity index is 734. The second-order valence-corrected chi connectivity index (χ2v) is 7.83. The van der Waals surface area contributed by atoms with Crippen LogP contribution in [0.3, 0.4) is 0 Å². The molecule has 1 atom stereocenters. The van der Waals surface area contributed by atoms with E-state index >= 15 is 0 Å². The van der Waals surface area contributed by atoms with Crippen molar-refractivity contribution < 1.29 is 19.1 Å². The lowest BCUT2D eigenvalue weighted by molar-refractivity contribution is -0.152. The molecule has 1 aromatic rings. The molecule has 0 saturated carbocycles. The zero-order valence-electron chi connectivity index (χ0n) is 16.6. The molecule has 2 amide bonds. The number of hydrogen-bond acceptors (Lipinski definition) is 5. The number of esters is 1. The van der Waals surface area contributed by atoms with Crippen LogP contribution in [0.1, 0.15) is 32.3 Å². The lowest BCUT2D eigenvalue weighted by Crippen LogP contribution is -2.59. The van der Waals surface area contributed by atoms with Gasteiger partial charge in [0.2, 0.25) is 11.8 Å². The van der Waals surface area contributed by atoms with Crippen molar-refractivity contribution in [2.45, 2.75) is 39.2 Å². The molecule has 152 valence electrons. The van der Waals surface area contributed by atoms with Gasteiger partial charge in [0, 0.05) is 25.3 Å². The number of para-hydroxylation sites is 1. The van der Waals surface area contributed by atoms with E-state index in [1.165, 1.54) is 10.5 Å². The van der Waals surface area contributed by atoms with Crippen LogP contribution in [-0.2, 0) is 25.5 Å². The Balaban J connectivity index is 1.67. The van der Waals surface area contributed by atoms with E-state index in [0.717, 1.165) is 25.1 Å². The highest BCUT2D eigenvalue weighted by atomic mass is 16.5. The number of fused-ring (bicyclic) bond motifs is 1. The maximum atomic E-state index is 13.0. The van der Waals surface area contributed by atoms with Gasteiger partial charge in [-0.15, -0.1) is 0 Å². The molecular weight excluding hydrogens is 358 g/mol. The molecule has 1 unspecified atom stereocenters. The Morgan fingerprint density at radius 1 is 1.25 bits per heavy atom. The second-order valence-electron chi connectivity index (χ2n) is 7.83. The van der Waals surface area contributed by atoms with Crippen molar-refractivity contribution >= 4 is 23.5 Å². The number of aryl methyl sites for hydroxylation is 1. The molecule has 2 aliphatic rings. The van der Waals surface area contributed by atoms with E-state index in [1.807, 2.05) is 32.0 Å². The molecule has 3 rings (SSSR count). The van der Waals surface area contributed by atoms with Crippen LogP contribution in [0, 0.1) is 5.92 Å². The Hall–Kier alpha value is -2.57. The molecule has 1 aromatic carbocycles. The Morgan fingerprint density at radius 2 is 2.04 bits per heavy atom. The monoisotopic (exact) mass is 387 g/mol. The summed E-state index contributed by atoms with van der Waals surface area (Å²) in [5, 5.41) is 2.75. The molecule has 1 N–H and O–H groups in total. The number of hydrogen-bond donors (Lipinski definition) is 1. The molecule has 0 aromatic heterocycles. The van der Waals surface area contributed by atoms with Crippen molar-refractivity contribution in [3.63, 3.8) is 0 Å². The Kier molecular flexibility index (Phi) is 6.54. The Morgan fingerprint density at radius 3 is 2.82 bits per heavy atom. The van der Waals surface area contributed by atoms with Gasteiger partial charge < -0.3 is 19.9 Å². The number of amides is 2. The van der Waals surface area contributed by atoms with Crippen LogP contribution in [0.4, 0.5) is 5.69 Å². The summed E-state index contributed by atoms with van der Waals surface area (Å²) >= 11 is 0. The van der Waals surface area contributed by atoms with E-state index in [0.29, 0.717) is 19.7 Å². The lowest BCUT2D eigenvalue weighted by atomic mass is 10.0. The van der Waals surface area contributed by atoms with E-state index < -0.39 is 12.0 Å². The average Bonchev–Trinajstić information content (AvgIpc) is 2.68. The summed E-state index contributed by atoms with van der Waals surface area (Å²) in [4.78, 5) is 41.1. The van der Waals surface area contributed by atoms with Gasteiger partial charge in [-0.3, -0.25) is 14.4 Å². The zero-order valence-corrected chi connectivity index (χ0v) is 16.6. The molecule has 2 heterocycles. The normalized spacial score (nSPS) is 19.2. The van der Waals surface area contributed by atoms with Gasteiger partial charge in [0.15, 0.2) is 0 Å². The molecule has 0 spiro atoms. The first-order valence-corrected chi connectivity index (χ1v) is 10.0. The molecule has 2 aliphatic heterocycles. The zero-order chi connectivity index (χ0) is 20.1. The summed E-state index contributed by atoms with van der Waals surface area (Å²) in [6.45, 7) is 6.04. The maximum Gasteiger partial charge on any atom is 0.308 e. The van der Waals surface area contributed by atoms with Crippen LogP contribution in [-0.4, -0.2) is 61.5 Å².